The van der Waals surface area contributed by atoms with Crippen LogP contribution in [0.1, 0.15) is 57.1 Å². The molecule has 122 valence electrons. The standard InChI is InChI=1S/C18H28N2O2/c1-3-14-9-8-10-15(4-2)16(14)20-17(21)19-13-18(22)11-6-5-7-12-18/h8-10,22H,3-7,11-13H2,1-2H3,(H2,19,20,21). The molecule has 2 rings (SSSR count). The summed E-state index contributed by atoms with van der Waals surface area (Å²) in [4.78, 5) is 12.2. The fourth-order valence-electron chi connectivity index (χ4n) is 3.19. The maximum Gasteiger partial charge on any atom is 0.319 e. The fourth-order valence-corrected chi connectivity index (χ4v) is 3.19. The molecular formula is C18H28N2O2. The number of benzene rings is 1. The van der Waals surface area contributed by atoms with Gasteiger partial charge in [-0.1, -0.05) is 51.3 Å². The molecule has 0 radical (unpaired) electrons. The molecular weight excluding hydrogens is 276 g/mol. The molecule has 22 heavy (non-hydrogen) atoms. The first-order valence-electron chi connectivity index (χ1n) is 8.46. The molecule has 0 aliphatic heterocycles. The first-order valence-corrected chi connectivity index (χ1v) is 8.46. The minimum absolute atomic E-state index is 0.227. The van der Waals surface area contributed by atoms with E-state index in [2.05, 4.69) is 24.5 Å². The Morgan fingerprint density at radius 2 is 1.73 bits per heavy atom. The highest BCUT2D eigenvalue weighted by Crippen LogP contribution is 2.27. The number of amides is 2. The lowest BCUT2D eigenvalue weighted by Crippen LogP contribution is -2.45. The summed E-state index contributed by atoms with van der Waals surface area (Å²) in [5, 5.41) is 16.3. The zero-order valence-electron chi connectivity index (χ0n) is 13.7. The Hall–Kier alpha value is -1.55. The Labute approximate surface area is 133 Å². The minimum atomic E-state index is -0.729. The van der Waals surface area contributed by atoms with Crippen molar-refractivity contribution in [3.05, 3.63) is 29.3 Å². The van der Waals surface area contributed by atoms with Crippen LogP contribution >= 0.6 is 0 Å². The van der Waals surface area contributed by atoms with E-state index in [9.17, 15) is 9.90 Å². The van der Waals surface area contributed by atoms with Crippen LogP contribution in [0.25, 0.3) is 0 Å². The van der Waals surface area contributed by atoms with E-state index in [-0.39, 0.29) is 6.03 Å². The van der Waals surface area contributed by atoms with E-state index in [0.29, 0.717) is 6.54 Å². The molecule has 3 N–H and O–H groups in total. The lowest BCUT2D eigenvalue weighted by atomic mass is 9.85. The van der Waals surface area contributed by atoms with Gasteiger partial charge in [0.25, 0.3) is 0 Å². The van der Waals surface area contributed by atoms with Crippen molar-refractivity contribution in [3.8, 4) is 0 Å². The topological polar surface area (TPSA) is 61.4 Å². The summed E-state index contributed by atoms with van der Waals surface area (Å²) in [6.07, 6.45) is 6.58. The SMILES string of the molecule is CCc1cccc(CC)c1NC(=O)NCC1(O)CCCCC1. The normalized spacial score (nSPS) is 17.0. The summed E-state index contributed by atoms with van der Waals surface area (Å²) in [5.74, 6) is 0. The highest BCUT2D eigenvalue weighted by Gasteiger charge is 2.29. The number of aliphatic hydroxyl groups is 1. The van der Waals surface area contributed by atoms with Gasteiger partial charge >= 0.3 is 6.03 Å². The van der Waals surface area contributed by atoms with Crippen LogP contribution in [0.3, 0.4) is 0 Å². The number of carbonyl (C=O) groups is 1. The minimum Gasteiger partial charge on any atom is -0.388 e. The van der Waals surface area contributed by atoms with E-state index < -0.39 is 5.60 Å². The average molecular weight is 304 g/mol. The second kappa shape index (κ2) is 7.63. The fraction of sp³-hybridized carbons (Fsp3) is 0.611. The van der Waals surface area contributed by atoms with Gasteiger partial charge in [-0.2, -0.15) is 0 Å². The molecule has 0 atom stereocenters. The first-order chi connectivity index (χ1) is 10.6. The van der Waals surface area contributed by atoms with Crippen molar-refractivity contribution in [1.29, 1.82) is 0 Å². The lowest BCUT2D eigenvalue weighted by molar-refractivity contribution is 0.00755. The molecule has 0 spiro atoms. The van der Waals surface area contributed by atoms with Gasteiger partial charge in [0, 0.05) is 12.2 Å². The van der Waals surface area contributed by atoms with Gasteiger partial charge < -0.3 is 15.7 Å². The van der Waals surface area contributed by atoms with E-state index in [1.54, 1.807) is 0 Å². The predicted octanol–water partition coefficient (Wildman–Crippen LogP) is 3.63. The summed E-state index contributed by atoms with van der Waals surface area (Å²) in [6, 6.07) is 5.90. The third-order valence-electron chi connectivity index (χ3n) is 4.60. The average Bonchev–Trinajstić information content (AvgIpc) is 2.54. The van der Waals surface area contributed by atoms with Gasteiger partial charge in [0.1, 0.15) is 0 Å². The largest absolute Gasteiger partial charge is 0.388 e. The van der Waals surface area contributed by atoms with Crippen LogP contribution in [-0.2, 0) is 12.8 Å². The summed E-state index contributed by atoms with van der Waals surface area (Å²) < 4.78 is 0. The third kappa shape index (κ3) is 4.23. The van der Waals surface area contributed by atoms with Gasteiger partial charge in [-0.05, 0) is 36.8 Å². The molecule has 4 heteroatoms. The van der Waals surface area contributed by atoms with Crippen LogP contribution in [-0.4, -0.2) is 23.3 Å². The van der Waals surface area contributed by atoms with Gasteiger partial charge in [0.05, 0.1) is 5.60 Å². The number of carbonyl (C=O) groups excluding carboxylic acids is 1. The van der Waals surface area contributed by atoms with E-state index in [4.69, 9.17) is 0 Å². The quantitative estimate of drug-likeness (QED) is 0.778. The molecule has 1 saturated carbocycles. The number of rotatable bonds is 5. The molecule has 0 saturated heterocycles. The van der Waals surface area contributed by atoms with Gasteiger partial charge in [-0.25, -0.2) is 4.79 Å². The summed E-state index contributed by atoms with van der Waals surface area (Å²) in [7, 11) is 0. The molecule has 1 fully saturated rings. The predicted molar refractivity (Wildman–Crippen MR) is 90.3 cm³/mol. The summed E-state index contributed by atoms with van der Waals surface area (Å²) in [5.41, 5.74) is 2.48. The number of anilines is 1. The lowest BCUT2D eigenvalue weighted by Gasteiger charge is -2.32. The second-order valence-electron chi connectivity index (χ2n) is 6.25. The zero-order valence-corrected chi connectivity index (χ0v) is 13.7. The van der Waals surface area contributed by atoms with Gasteiger partial charge in [-0.3, -0.25) is 0 Å². The monoisotopic (exact) mass is 304 g/mol. The van der Waals surface area contributed by atoms with Crippen LogP contribution in [0.2, 0.25) is 0 Å². The van der Waals surface area contributed by atoms with Crippen molar-refractivity contribution in [3.63, 3.8) is 0 Å². The molecule has 0 aromatic heterocycles. The number of nitrogens with one attached hydrogen (secondary N) is 2. The Balaban J connectivity index is 1.97. The summed E-state index contributed by atoms with van der Waals surface area (Å²) >= 11 is 0. The van der Waals surface area contributed by atoms with E-state index >= 15 is 0 Å². The Bertz CT molecular complexity index is 486. The third-order valence-corrected chi connectivity index (χ3v) is 4.60. The van der Waals surface area contributed by atoms with Crippen molar-refractivity contribution in [2.75, 3.05) is 11.9 Å². The summed E-state index contributed by atoms with van der Waals surface area (Å²) in [6.45, 7) is 4.50. The zero-order chi connectivity index (χ0) is 16.0. The molecule has 1 aromatic carbocycles. The number of hydrogen-bond acceptors (Lipinski definition) is 2. The maximum absolute atomic E-state index is 12.2. The van der Waals surface area contributed by atoms with Crippen molar-refractivity contribution in [1.82, 2.24) is 5.32 Å². The van der Waals surface area contributed by atoms with E-state index in [1.807, 2.05) is 18.2 Å². The number of para-hydroxylation sites is 1. The molecule has 1 aliphatic carbocycles. The highest BCUT2D eigenvalue weighted by atomic mass is 16.3. The van der Waals surface area contributed by atoms with Crippen LogP contribution < -0.4 is 10.6 Å². The van der Waals surface area contributed by atoms with E-state index in [0.717, 1.165) is 55.3 Å². The Morgan fingerprint density at radius 1 is 1.14 bits per heavy atom. The van der Waals surface area contributed by atoms with Gasteiger partial charge in [-0.15, -0.1) is 0 Å². The molecule has 0 bridgehead atoms. The van der Waals surface area contributed by atoms with Crippen LogP contribution in [0.4, 0.5) is 10.5 Å². The molecule has 1 aliphatic rings. The number of hydrogen-bond donors (Lipinski definition) is 3. The van der Waals surface area contributed by atoms with Gasteiger partial charge in [0.2, 0.25) is 0 Å². The van der Waals surface area contributed by atoms with Crippen molar-refractivity contribution in [2.24, 2.45) is 0 Å². The molecule has 0 heterocycles. The smallest absolute Gasteiger partial charge is 0.319 e. The molecule has 4 nitrogen and oxygen atoms in total. The Kier molecular flexibility index (Phi) is 5.83. The first kappa shape index (κ1) is 16.8. The second-order valence-corrected chi connectivity index (χ2v) is 6.25. The van der Waals surface area contributed by atoms with Crippen molar-refractivity contribution >= 4 is 11.7 Å². The number of urea groups is 1. The Morgan fingerprint density at radius 3 is 2.27 bits per heavy atom. The van der Waals surface area contributed by atoms with Crippen molar-refractivity contribution < 1.29 is 9.90 Å². The van der Waals surface area contributed by atoms with Crippen LogP contribution in [0, 0.1) is 0 Å². The van der Waals surface area contributed by atoms with E-state index in [1.165, 1.54) is 6.42 Å². The van der Waals surface area contributed by atoms with Gasteiger partial charge in [0.15, 0.2) is 0 Å². The number of aryl methyl sites for hydroxylation is 2. The van der Waals surface area contributed by atoms with Crippen molar-refractivity contribution in [2.45, 2.75) is 64.4 Å². The van der Waals surface area contributed by atoms with Crippen LogP contribution in [0.15, 0.2) is 18.2 Å². The molecule has 2 amide bonds. The van der Waals surface area contributed by atoms with Crippen LogP contribution in [0.5, 0.6) is 0 Å². The maximum atomic E-state index is 12.2. The highest BCUT2D eigenvalue weighted by molar-refractivity contribution is 5.91. The molecule has 0 unspecified atom stereocenters. The molecule has 1 aromatic rings.